The quantitative estimate of drug-likeness (QED) is 0.688. The summed E-state index contributed by atoms with van der Waals surface area (Å²) >= 11 is 1.10. The molecule has 1 atom stereocenters. The maximum absolute atomic E-state index is 12.9. The van der Waals surface area contributed by atoms with Crippen LogP contribution in [0.4, 0.5) is 13.2 Å². The molecule has 1 aromatic heterocycles. The average Bonchev–Trinajstić information content (AvgIpc) is 3.17. The van der Waals surface area contributed by atoms with E-state index in [2.05, 4.69) is 0 Å². The van der Waals surface area contributed by atoms with Crippen LogP contribution >= 0.6 is 11.3 Å². The Hall–Kier alpha value is -2.48. The second-order valence-electron chi connectivity index (χ2n) is 6.75. The van der Waals surface area contributed by atoms with Gasteiger partial charge in [-0.05, 0) is 44.0 Å². The summed E-state index contributed by atoms with van der Waals surface area (Å²) in [5, 5.41) is 0. The molecule has 1 amide bonds. The average molecular weight is 409 g/mol. The predicted octanol–water partition coefficient (Wildman–Crippen LogP) is 4.70. The zero-order valence-corrected chi connectivity index (χ0v) is 15.9. The molecule has 0 unspecified atom stereocenters. The molecule has 8 heteroatoms. The highest BCUT2D eigenvalue weighted by Gasteiger charge is 2.33. The van der Waals surface area contributed by atoms with Crippen LogP contribution < -0.4 is 0 Å². The summed E-state index contributed by atoms with van der Waals surface area (Å²) in [6.45, 7) is 2.05. The third kappa shape index (κ3) is 4.32. The maximum atomic E-state index is 12.9. The molecule has 2 aromatic rings. The van der Waals surface area contributed by atoms with Gasteiger partial charge < -0.3 is 4.90 Å². The number of likely N-dealkylation sites (tertiary alicyclic amines) is 1. The Morgan fingerprint density at radius 1 is 1.11 bits per heavy atom. The minimum atomic E-state index is -4.52. The number of nitrogens with zero attached hydrogens (tertiary/aromatic N) is 1. The molecule has 1 saturated heterocycles. The monoisotopic (exact) mass is 409 g/mol. The van der Waals surface area contributed by atoms with Gasteiger partial charge in [-0.2, -0.15) is 13.2 Å². The number of Topliss-reactive ketones (excluding diaryl/α,β-unsaturated/α-hetero) is 2. The van der Waals surface area contributed by atoms with Gasteiger partial charge >= 0.3 is 6.18 Å². The first kappa shape index (κ1) is 20.3. The van der Waals surface area contributed by atoms with E-state index in [0.29, 0.717) is 29.1 Å². The second kappa shape index (κ2) is 7.87. The summed E-state index contributed by atoms with van der Waals surface area (Å²) < 4.78 is 38.7. The van der Waals surface area contributed by atoms with Crippen LogP contribution in [0.3, 0.4) is 0 Å². The fourth-order valence-corrected chi connectivity index (χ4v) is 4.13. The summed E-state index contributed by atoms with van der Waals surface area (Å²) in [6, 6.07) is 7.56. The molecule has 0 bridgehead atoms. The number of amides is 1. The lowest BCUT2D eigenvalue weighted by atomic mass is 9.89. The van der Waals surface area contributed by atoms with Gasteiger partial charge in [0, 0.05) is 24.6 Å². The van der Waals surface area contributed by atoms with Gasteiger partial charge in [0.25, 0.3) is 5.91 Å². The number of alkyl halides is 3. The Kier molecular flexibility index (Phi) is 5.69. The van der Waals surface area contributed by atoms with E-state index in [4.69, 9.17) is 0 Å². The smallest absolute Gasteiger partial charge is 0.337 e. The number of hydrogen-bond acceptors (Lipinski definition) is 4. The number of carbonyl (C=O) groups excluding carboxylic acids is 3. The fraction of sp³-hybridized carbons (Fsp3) is 0.350. The lowest BCUT2D eigenvalue weighted by Crippen LogP contribution is -2.42. The van der Waals surface area contributed by atoms with Crippen LogP contribution in [0, 0.1) is 5.92 Å². The van der Waals surface area contributed by atoms with Gasteiger partial charge in [-0.25, -0.2) is 0 Å². The van der Waals surface area contributed by atoms with Gasteiger partial charge in [0.1, 0.15) is 0 Å². The number of rotatable bonds is 4. The van der Waals surface area contributed by atoms with Crippen molar-refractivity contribution in [1.82, 2.24) is 4.90 Å². The first-order valence-electron chi connectivity index (χ1n) is 8.78. The van der Waals surface area contributed by atoms with Gasteiger partial charge in [-0.1, -0.05) is 12.1 Å². The first-order valence-corrected chi connectivity index (χ1v) is 9.60. The van der Waals surface area contributed by atoms with Gasteiger partial charge in [0.05, 0.1) is 15.3 Å². The van der Waals surface area contributed by atoms with Crippen molar-refractivity contribution in [1.29, 1.82) is 0 Å². The van der Waals surface area contributed by atoms with Crippen molar-refractivity contribution in [3.63, 3.8) is 0 Å². The third-order valence-corrected chi connectivity index (χ3v) is 5.89. The van der Waals surface area contributed by atoms with Crippen molar-refractivity contribution in [2.45, 2.75) is 25.9 Å². The Morgan fingerprint density at radius 2 is 1.82 bits per heavy atom. The van der Waals surface area contributed by atoms with Gasteiger partial charge in [-0.15, -0.1) is 11.3 Å². The molecule has 1 fully saturated rings. The standard InChI is InChI=1S/C20H18F3NO3S/c1-12(25)16-7-8-17(28-16)19(27)24-9-3-5-14(11-24)18(26)13-4-2-6-15(10-13)20(21,22)23/h2,4,6-8,10,14H,3,5,9,11H2,1H3/t14-/m1/s1. The zero-order valence-electron chi connectivity index (χ0n) is 15.1. The van der Waals surface area contributed by atoms with Crippen LogP contribution in [0.15, 0.2) is 36.4 Å². The second-order valence-corrected chi connectivity index (χ2v) is 7.84. The molecule has 4 nitrogen and oxygen atoms in total. The van der Waals surface area contributed by atoms with E-state index in [0.717, 1.165) is 23.5 Å². The SMILES string of the molecule is CC(=O)c1ccc(C(=O)N2CCC[C@@H](C(=O)c3cccc(C(F)(F)F)c3)C2)s1. The molecule has 0 saturated carbocycles. The van der Waals surface area contributed by atoms with Crippen molar-refractivity contribution in [2.24, 2.45) is 5.92 Å². The predicted molar refractivity (Wildman–Crippen MR) is 98.7 cm³/mol. The molecule has 0 N–H and O–H groups in total. The van der Waals surface area contributed by atoms with E-state index in [-0.39, 0.29) is 29.6 Å². The minimum absolute atomic E-state index is 0.00381. The number of halogens is 3. The summed E-state index contributed by atoms with van der Waals surface area (Å²) in [4.78, 5) is 39.3. The lowest BCUT2D eigenvalue weighted by molar-refractivity contribution is -0.137. The lowest BCUT2D eigenvalue weighted by Gasteiger charge is -2.31. The number of hydrogen-bond donors (Lipinski definition) is 0. The van der Waals surface area contributed by atoms with Crippen molar-refractivity contribution >= 4 is 28.8 Å². The highest BCUT2D eigenvalue weighted by molar-refractivity contribution is 7.15. The van der Waals surface area contributed by atoms with Crippen molar-refractivity contribution < 1.29 is 27.6 Å². The molecule has 1 aromatic carbocycles. The molecule has 3 rings (SSSR count). The van der Waals surface area contributed by atoms with Crippen molar-refractivity contribution in [2.75, 3.05) is 13.1 Å². The highest BCUT2D eigenvalue weighted by atomic mass is 32.1. The molecule has 0 spiro atoms. The Morgan fingerprint density at radius 3 is 2.46 bits per heavy atom. The fourth-order valence-electron chi connectivity index (χ4n) is 3.26. The van der Waals surface area contributed by atoms with Gasteiger partial charge in [-0.3, -0.25) is 14.4 Å². The molecule has 0 aliphatic carbocycles. The number of ketones is 2. The third-order valence-electron chi connectivity index (χ3n) is 4.72. The Labute approximate surface area is 164 Å². The van der Waals surface area contributed by atoms with Crippen LogP contribution in [0.2, 0.25) is 0 Å². The molecule has 2 heterocycles. The minimum Gasteiger partial charge on any atom is -0.337 e. The molecule has 1 aliphatic rings. The molecular weight excluding hydrogens is 391 g/mol. The summed E-state index contributed by atoms with van der Waals surface area (Å²) in [5.74, 6) is -1.33. The largest absolute Gasteiger partial charge is 0.416 e. The molecule has 0 radical (unpaired) electrons. The first-order chi connectivity index (χ1) is 13.2. The van der Waals surface area contributed by atoms with Crippen LogP contribution in [-0.4, -0.2) is 35.5 Å². The van der Waals surface area contributed by atoms with E-state index in [1.54, 1.807) is 12.1 Å². The summed E-state index contributed by atoms with van der Waals surface area (Å²) in [6.07, 6.45) is -3.41. The summed E-state index contributed by atoms with van der Waals surface area (Å²) in [7, 11) is 0. The maximum Gasteiger partial charge on any atom is 0.416 e. The van der Waals surface area contributed by atoms with Crippen LogP contribution in [-0.2, 0) is 6.18 Å². The molecular formula is C20H18F3NO3S. The number of benzene rings is 1. The topological polar surface area (TPSA) is 54.5 Å². The van der Waals surface area contributed by atoms with Crippen LogP contribution in [0.25, 0.3) is 0 Å². The normalized spacial score (nSPS) is 17.4. The Bertz CT molecular complexity index is 919. The van der Waals surface area contributed by atoms with E-state index in [1.807, 2.05) is 0 Å². The zero-order chi connectivity index (χ0) is 20.5. The van der Waals surface area contributed by atoms with Gasteiger partial charge in [0.15, 0.2) is 11.6 Å². The molecule has 1 aliphatic heterocycles. The Balaban J connectivity index is 1.74. The van der Waals surface area contributed by atoms with Crippen LogP contribution in [0.1, 0.15) is 55.0 Å². The molecule has 148 valence electrons. The van der Waals surface area contributed by atoms with Crippen LogP contribution in [0.5, 0.6) is 0 Å². The van der Waals surface area contributed by atoms with E-state index in [9.17, 15) is 27.6 Å². The van der Waals surface area contributed by atoms with Crippen molar-refractivity contribution in [3.8, 4) is 0 Å². The van der Waals surface area contributed by atoms with Crippen molar-refractivity contribution in [3.05, 3.63) is 57.3 Å². The number of thiophene rings is 1. The summed E-state index contributed by atoms with van der Waals surface area (Å²) in [5.41, 5.74) is -0.860. The van der Waals surface area contributed by atoms with E-state index >= 15 is 0 Å². The molecule has 28 heavy (non-hydrogen) atoms. The number of piperidine rings is 1. The van der Waals surface area contributed by atoms with E-state index < -0.39 is 17.7 Å². The van der Waals surface area contributed by atoms with Gasteiger partial charge in [0.2, 0.25) is 0 Å². The number of carbonyl (C=O) groups is 3. The van der Waals surface area contributed by atoms with E-state index in [1.165, 1.54) is 24.0 Å². The highest BCUT2D eigenvalue weighted by Crippen LogP contribution is 2.31.